The van der Waals surface area contributed by atoms with Gasteiger partial charge < -0.3 is 10.0 Å². The van der Waals surface area contributed by atoms with Crippen LogP contribution in [0.3, 0.4) is 0 Å². The molecule has 3 aromatic rings. The molecule has 2 aliphatic rings. The number of benzene rings is 1. The van der Waals surface area contributed by atoms with Crippen LogP contribution in [0.1, 0.15) is 63.8 Å². The van der Waals surface area contributed by atoms with E-state index >= 15 is 0 Å². The molecule has 2 aromatic heterocycles. The molecular weight excluding hydrogens is 384 g/mol. The van der Waals surface area contributed by atoms with Crippen LogP contribution in [0.2, 0.25) is 0 Å². The fourth-order valence-electron chi connectivity index (χ4n) is 4.11. The molecule has 0 spiro atoms. The Labute approximate surface area is 173 Å². The smallest absolute Gasteiger partial charge is 0.264 e. The molecule has 3 heterocycles. The number of rotatable bonds is 4. The van der Waals surface area contributed by atoms with Gasteiger partial charge in [-0.05, 0) is 36.8 Å². The van der Waals surface area contributed by atoms with Crippen LogP contribution in [0, 0.1) is 6.92 Å². The molecule has 2 fully saturated rings. The van der Waals surface area contributed by atoms with Crippen LogP contribution in [0.5, 0.6) is 0 Å². The Hall–Kier alpha value is -2.51. The zero-order valence-corrected chi connectivity index (χ0v) is 17.1. The minimum absolute atomic E-state index is 0.00464. The molecule has 5 rings (SSSR count). The van der Waals surface area contributed by atoms with E-state index < -0.39 is 6.10 Å². The molecule has 1 saturated heterocycles. The number of carbonyl (C=O) groups excluding carboxylic acids is 1. The van der Waals surface area contributed by atoms with Gasteiger partial charge in [0.05, 0.1) is 28.8 Å². The van der Waals surface area contributed by atoms with E-state index in [0.717, 1.165) is 29.0 Å². The topological polar surface area (TPSA) is 71.2 Å². The van der Waals surface area contributed by atoms with Crippen molar-refractivity contribution in [1.29, 1.82) is 0 Å². The van der Waals surface area contributed by atoms with E-state index in [1.165, 1.54) is 16.9 Å². The van der Waals surface area contributed by atoms with E-state index in [0.29, 0.717) is 18.9 Å². The molecule has 1 aliphatic carbocycles. The number of aliphatic hydroxyl groups is 1. The molecule has 1 N–H and O–H groups in total. The second-order valence-corrected chi connectivity index (χ2v) is 9.08. The van der Waals surface area contributed by atoms with Crippen molar-refractivity contribution >= 4 is 17.2 Å². The van der Waals surface area contributed by atoms with Gasteiger partial charge in [-0.3, -0.25) is 4.79 Å². The standard InChI is InChI=1S/C22H24N4O2S/c1-14-4-6-16(7-5-14)18-11-20(27)19(26-12-17(23-24-26)15-8-9-15)13-25(18)22(28)21-3-2-10-29-21/h2-7,10,12,15,18-20,27H,8-9,11,13H2,1H3. The van der Waals surface area contributed by atoms with Gasteiger partial charge in [-0.25, -0.2) is 4.68 Å². The van der Waals surface area contributed by atoms with Crippen molar-refractivity contribution in [2.24, 2.45) is 0 Å². The zero-order valence-electron chi connectivity index (χ0n) is 16.3. The van der Waals surface area contributed by atoms with E-state index in [9.17, 15) is 9.90 Å². The first-order chi connectivity index (χ1) is 14.1. The van der Waals surface area contributed by atoms with Crippen molar-refractivity contribution in [3.63, 3.8) is 0 Å². The molecule has 0 radical (unpaired) electrons. The summed E-state index contributed by atoms with van der Waals surface area (Å²) in [6, 6.07) is 11.5. The highest BCUT2D eigenvalue weighted by atomic mass is 32.1. The van der Waals surface area contributed by atoms with Crippen molar-refractivity contribution < 1.29 is 9.90 Å². The van der Waals surface area contributed by atoms with E-state index in [2.05, 4.69) is 34.6 Å². The summed E-state index contributed by atoms with van der Waals surface area (Å²) in [5, 5.41) is 21.5. The highest BCUT2D eigenvalue weighted by Crippen LogP contribution is 2.40. The summed E-state index contributed by atoms with van der Waals surface area (Å²) in [6.45, 7) is 2.45. The number of amides is 1. The van der Waals surface area contributed by atoms with Crippen LogP contribution in [0.25, 0.3) is 0 Å². The maximum atomic E-state index is 13.3. The highest BCUT2D eigenvalue weighted by molar-refractivity contribution is 7.12. The summed E-state index contributed by atoms with van der Waals surface area (Å²) in [6.07, 6.45) is 4.14. The normalized spacial score (nSPS) is 24.6. The van der Waals surface area contributed by atoms with E-state index in [1.54, 1.807) is 4.68 Å². The van der Waals surface area contributed by atoms with Gasteiger partial charge in [0.15, 0.2) is 0 Å². The summed E-state index contributed by atoms with van der Waals surface area (Å²) < 4.78 is 1.76. The van der Waals surface area contributed by atoms with Gasteiger partial charge in [-0.15, -0.1) is 16.4 Å². The third-order valence-electron chi connectivity index (χ3n) is 5.99. The lowest BCUT2D eigenvalue weighted by atomic mass is 9.90. The number of aliphatic hydroxyl groups excluding tert-OH is 1. The quantitative estimate of drug-likeness (QED) is 0.714. The first kappa shape index (κ1) is 18.5. The summed E-state index contributed by atoms with van der Waals surface area (Å²) in [5.74, 6) is 0.513. The molecule has 1 aliphatic heterocycles. The fourth-order valence-corrected chi connectivity index (χ4v) is 4.79. The number of likely N-dealkylation sites (tertiary alicyclic amines) is 1. The average Bonchev–Trinajstić information content (AvgIpc) is 3.22. The molecule has 1 amide bonds. The first-order valence-electron chi connectivity index (χ1n) is 10.1. The Kier molecular flexibility index (Phi) is 4.72. The summed E-state index contributed by atoms with van der Waals surface area (Å²) in [7, 11) is 0. The largest absolute Gasteiger partial charge is 0.391 e. The SMILES string of the molecule is Cc1ccc(C2CC(O)C(n3cc(C4CC4)nn3)CN2C(=O)c2cccs2)cc1. The minimum Gasteiger partial charge on any atom is -0.391 e. The van der Waals surface area contributed by atoms with Crippen LogP contribution in [0.4, 0.5) is 0 Å². The molecule has 1 saturated carbocycles. The van der Waals surface area contributed by atoms with Crippen molar-refractivity contribution in [2.45, 2.75) is 50.3 Å². The number of piperidine rings is 1. The van der Waals surface area contributed by atoms with Crippen LogP contribution < -0.4 is 0 Å². The highest BCUT2D eigenvalue weighted by Gasteiger charge is 2.40. The lowest BCUT2D eigenvalue weighted by Crippen LogP contribution is -2.48. The van der Waals surface area contributed by atoms with Crippen molar-refractivity contribution in [1.82, 2.24) is 19.9 Å². The zero-order chi connectivity index (χ0) is 20.0. The Morgan fingerprint density at radius 3 is 2.69 bits per heavy atom. The van der Waals surface area contributed by atoms with Gasteiger partial charge in [0, 0.05) is 25.1 Å². The molecule has 0 bridgehead atoms. The van der Waals surface area contributed by atoms with Gasteiger partial charge >= 0.3 is 0 Å². The lowest BCUT2D eigenvalue weighted by Gasteiger charge is -2.42. The number of carbonyl (C=O) groups is 1. The summed E-state index contributed by atoms with van der Waals surface area (Å²) in [4.78, 5) is 15.9. The molecule has 1 aromatic carbocycles. The number of thiophene rings is 1. The Morgan fingerprint density at radius 2 is 2.00 bits per heavy atom. The molecule has 150 valence electrons. The maximum absolute atomic E-state index is 13.3. The van der Waals surface area contributed by atoms with Crippen molar-refractivity contribution in [2.75, 3.05) is 6.54 Å². The Balaban J connectivity index is 1.47. The van der Waals surface area contributed by atoms with E-state index in [4.69, 9.17) is 0 Å². The molecule has 6 nitrogen and oxygen atoms in total. The van der Waals surface area contributed by atoms with Crippen LogP contribution in [0.15, 0.2) is 48.0 Å². The fraction of sp³-hybridized carbons (Fsp3) is 0.409. The van der Waals surface area contributed by atoms with Crippen molar-refractivity contribution in [3.05, 3.63) is 69.7 Å². The van der Waals surface area contributed by atoms with Gasteiger partial charge in [0.2, 0.25) is 0 Å². The van der Waals surface area contributed by atoms with Crippen LogP contribution >= 0.6 is 11.3 Å². The third-order valence-corrected chi connectivity index (χ3v) is 6.85. The predicted molar refractivity (Wildman–Crippen MR) is 111 cm³/mol. The average molecular weight is 409 g/mol. The first-order valence-corrected chi connectivity index (χ1v) is 11.0. The summed E-state index contributed by atoms with van der Waals surface area (Å²) >= 11 is 1.45. The molecule has 3 atom stereocenters. The van der Waals surface area contributed by atoms with Gasteiger partial charge in [-0.1, -0.05) is 41.1 Å². The van der Waals surface area contributed by atoms with E-state index in [-0.39, 0.29) is 18.0 Å². The number of aromatic nitrogens is 3. The molecule has 7 heteroatoms. The number of hydrogen-bond acceptors (Lipinski definition) is 5. The van der Waals surface area contributed by atoms with Gasteiger partial charge in [0.1, 0.15) is 0 Å². The van der Waals surface area contributed by atoms with Crippen LogP contribution in [-0.2, 0) is 0 Å². The Morgan fingerprint density at radius 1 is 1.21 bits per heavy atom. The van der Waals surface area contributed by atoms with Gasteiger partial charge in [0.25, 0.3) is 5.91 Å². The second kappa shape index (κ2) is 7.39. The predicted octanol–water partition coefficient (Wildman–Crippen LogP) is 3.71. The molecular formula is C22H24N4O2S. The van der Waals surface area contributed by atoms with E-state index in [1.807, 2.05) is 35.5 Å². The third kappa shape index (κ3) is 3.60. The van der Waals surface area contributed by atoms with Crippen molar-refractivity contribution in [3.8, 4) is 0 Å². The summed E-state index contributed by atoms with van der Waals surface area (Å²) in [5.41, 5.74) is 3.22. The molecule has 29 heavy (non-hydrogen) atoms. The Bertz CT molecular complexity index is 994. The maximum Gasteiger partial charge on any atom is 0.264 e. The minimum atomic E-state index is -0.595. The number of aryl methyl sites for hydroxylation is 1. The lowest BCUT2D eigenvalue weighted by molar-refractivity contribution is -0.00165. The monoisotopic (exact) mass is 408 g/mol. The number of hydrogen-bond donors (Lipinski definition) is 1. The second-order valence-electron chi connectivity index (χ2n) is 8.13. The van der Waals surface area contributed by atoms with Gasteiger partial charge in [-0.2, -0.15) is 0 Å². The molecule has 3 unspecified atom stereocenters. The number of nitrogens with zero attached hydrogens (tertiary/aromatic N) is 4. The van der Waals surface area contributed by atoms with Crippen LogP contribution in [-0.4, -0.2) is 43.6 Å².